The van der Waals surface area contributed by atoms with Crippen molar-refractivity contribution >= 4 is 11.8 Å². The molecule has 2 unspecified atom stereocenters. The molecule has 102 valence electrons. The molecule has 0 aromatic carbocycles. The fraction of sp³-hybridized carbons (Fsp3) is 1.00. The van der Waals surface area contributed by atoms with Crippen LogP contribution < -0.4 is 5.32 Å². The molecule has 0 bridgehead atoms. The summed E-state index contributed by atoms with van der Waals surface area (Å²) in [5, 5.41) is 3.64. The van der Waals surface area contributed by atoms with Gasteiger partial charge in [-0.2, -0.15) is 11.8 Å². The molecule has 0 aromatic rings. The van der Waals surface area contributed by atoms with Crippen LogP contribution in [0.3, 0.4) is 0 Å². The topological polar surface area (TPSA) is 15.3 Å². The van der Waals surface area contributed by atoms with E-state index in [2.05, 4.69) is 49.7 Å². The van der Waals surface area contributed by atoms with Crippen LogP contribution in [0.15, 0.2) is 0 Å². The maximum Gasteiger partial charge on any atom is 0.0224 e. The molecule has 1 aliphatic heterocycles. The van der Waals surface area contributed by atoms with Crippen LogP contribution in [-0.4, -0.2) is 48.1 Å². The van der Waals surface area contributed by atoms with Gasteiger partial charge in [0.25, 0.3) is 0 Å². The van der Waals surface area contributed by atoms with Crippen LogP contribution in [0.4, 0.5) is 0 Å². The average molecular weight is 258 g/mol. The number of rotatable bonds is 7. The molecule has 2 nitrogen and oxygen atoms in total. The summed E-state index contributed by atoms with van der Waals surface area (Å²) < 4.78 is 0. The predicted molar refractivity (Wildman–Crippen MR) is 79.9 cm³/mol. The van der Waals surface area contributed by atoms with E-state index in [0.29, 0.717) is 0 Å². The Morgan fingerprint density at radius 3 is 2.71 bits per heavy atom. The fourth-order valence-electron chi connectivity index (χ4n) is 2.54. The van der Waals surface area contributed by atoms with Gasteiger partial charge in [-0.05, 0) is 25.8 Å². The SMILES string of the molecule is CCCC(CNCC(C)C)N1CCSCC1C. The van der Waals surface area contributed by atoms with Crippen molar-refractivity contribution in [3.8, 4) is 0 Å². The van der Waals surface area contributed by atoms with E-state index in [1.165, 1.54) is 37.4 Å². The first-order valence-corrected chi connectivity index (χ1v) is 8.34. The highest BCUT2D eigenvalue weighted by molar-refractivity contribution is 7.99. The van der Waals surface area contributed by atoms with Gasteiger partial charge < -0.3 is 5.32 Å². The zero-order chi connectivity index (χ0) is 12.7. The minimum Gasteiger partial charge on any atom is -0.315 e. The molecule has 1 aliphatic rings. The Morgan fingerprint density at radius 2 is 2.12 bits per heavy atom. The summed E-state index contributed by atoms with van der Waals surface area (Å²) in [5.41, 5.74) is 0. The minimum atomic E-state index is 0.745. The molecule has 17 heavy (non-hydrogen) atoms. The second-order valence-corrected chi connectivity index (χ2v) is 6.81. The molecule has 3 heteroatoms. The van der Waals surface area contributed by atoms with Crippen molar-refractivity contribution in [2.24, 2.45) is 5.92 Å². The third-order valence-corrected chi connectivity index (χ3v) is 4.63. The van der Waals surface area contributed by atoms with Crippen LogP contribution in [-0.2, 0) is 0 Å². The van der Waals surface area contributed by atoms with E-state index in [1.54, 1.807) is 0 Å². The van der Waals surface area contributed by atoms with Gasteiger partial charge in [-0.1, -0.05) is 27.2 Å². The van der Waals surface area contributed by atoms with Crippen molar-refractivity contribution in [1.82, 2.24) is 10.2 Å². The largest absolute Gasteiger partial charge is 0.315 e. The van der Waals surface area contributed by atoms with Crippen LogP contribution in [0, 0.1) is 5.92 Å². The van der Waals surface area contributed by atoms with Gasteiger partial charge in [0, 0.05) is 36.7 Å². The second-order valence-electron chi connectivity index (χ2n) is 5.66. The number of nitrogens with one attached hydrogen (secondary N) is 1. The molecule has 1 heterocycles. The normalized spacial score (nSPS) is 24.2. The van der Waals surface area contributed by atoms with Crippen molar-refractivity contribution in [1.29, 1.82) is 0 Å². The summed E-state index contributed by atoms with van der Waals surface area (Å²) in [6, 6.07) is 1.50. The van der Waals surface area contributed by atoms with Gasteiger partial charge >= 0.3 is 0 Å². The van der Waals surface area contributed by atoms with E-state index < -0.39 is 0 Å². The monoisotopic (exact) mass is 258 g/mol. The number of hydrogen-bond donors (Lipinski definition) is 1. The van der Waals surface area contributed by atoms with E-state index in [0.717, 1.165) is 24.5 Å². The highest BCUT2D eigenvalue weighted by Crippen LogP contribution is 2.20. The van der Waals surface area contributed by atoms with E-state index in [9.17, 15) is 0 Å². The highest BCUT2D eigenvalue weighted by atomic mass is 32.2. The van der Waals surface area contributed by atoms with Crippen molar-refractivity contribution in [3.05, 3.63) is 0 Å². The lowest BCUT2D eigenvalue weighted by Gasteiger charge is -2.39. The predicted octanol–water partition coefficient (Wildman–Crippen LogP) is 2.84. The lowest BCUT2D eigenvalue weighted by Crippen LogP contribution is -2.51. The first kappa shape index (κ1) is 15.3. The van der Waals surface area contributed by atoms with Crippen molar-refractivity contribution in [2.45, 2.75) is 52.6 Å². The first-order valence-electron chi connectivity index (χ1n) is 7.19. The Hall–Kier alpha value is 0.270. The molecule has 1 rings (SSSR count). The van der Waals surface area contributed by atoms with Crippen LogP contribution >= 0.6 is 11.8 Å². The smallest absolute Gasteiger partial charge is 0.0224 e. The third-order valence-electron chi connectivity index (χ3n) is 3.44. The summed E-state index contributed by atoms with van der Waals surface area (Å²) >= 11 is 2.11. The van der Waals surface area contributed by atoms with Gasteiger partial charge in [0.1, 0.15) is 0 Å². The molecule has 0 aliphatic carbocycles. The Morgan fingerprint density at radius 1 is 1.35 bits per heavy atom. The van der Waals surface area contributed by atoms with E-state index in [1.807, 2.05) is 0 Å². The summed E-state index contributed by atoms with van der Waals surface area (Å²) in [6.45, 7) is 12.8. The van der Waals surface area contributed by atoms with Gasteiger partial charge in [0.05, 0.1) is 0 Å². The van der Waals surface area contributed by atoms with E-state index >= 15 is 0 Å². The zero-order valence-corrected chi connectivity index (χ0v) is 12.9. The molecule has 0 saturated carbocycles. The average Bonchev–Trinajstić information content (AvgIpc) is 2.28. The van der Waals surface area contributed by atoms with E-state index in [4.69, 9.17) is 0 Å². The highest BCUT2D eigenvalue weighted by Gasteiger charge is 2.25. The Labute approximate surface area is 112 Å². The molecule has 0 aromatic heterocycles. The second kappa shape index (κ2) is 8.39. The molecule has 0 amide bonds. The van der Waals surface area contributed by atoms with E-state index in [-0.39, 0.29) is 0 Å². The summed E-state index contributed by atoms with van der Waals surface area (Å²) in [6.07, 6.45) is 2.63. The molecular weight excluding hydrogens is 228 g/mol. The summed E-state index contributed by atoms with van der Waals surface area (Å²) in [7, 11) is 0. The molecule has 1 saturated heterocycles. The van der Waals surface area contributed by atoms with Crippen LogP contribution in [0.2, 0.25) is 0 Å². The lowest BCUT2D eigenvalue weighted by atomic mass is 10.1. The maximum atomic E-state index is 3.64. The standard InChI is InChI=1S/C14H30N2S/c1-5-6-14(10-15-9-12(2)3)16-7-8-17-11-13(16)4/h12-15H,5-11H2,1-4H3. The van der Waals surface area contributed by atoms with Crippen LogP contribution in [0.5, 0.6) is 0 Å². The van der Waals surface area contributed by atoms with Crippen LogP contribution in [0.1, 0.15) is 40.5 Å². The minimum absolute atomic E-state index is 0.745. The Kier molecular flexibility index (Phi) is 7.56. The van der Waals surface area contributed by atoms with Crippen molar-refractivity contribution in [2.75, 3.05) is 31.1 Å². The summed E-state index contributed by atoms with van der Waals surface area (Å²) in [5.74, 6) is 3.38. The number of thioether (sulfide) groups is 1. The van der Waals surface area contributed by atoms with Crippen molar-refractivity contribution in [3.63, 3.8) is 0 Å². The van der Waals surface area contributed by atoms with Gasteiger partial charge in [0.2, 0.25) is 0 Å². The zero-order valence-electron chi connectivity index (χ0n) is 12.0. The molecule has 1 fully saturated rings. The van der Waals surface area contributed by atoms with Gasteiger partial charge in [-0.3, -0.25) is 4.90 Å². The quantitative estimate of drug-likeness (QED) is 0.756. The summed E-state index contributed by atoms with van der Waals surface area (Å²) in [4.78, 5) is 2.73. The number of hydrogen-bond acceptors (Lipinski definition) is 3. The molecule has 1 N–H and O–H groups in total. The van der Waals surface area contributed by atoms with Gasteiger partial charge in [-0.25, -0.2) is 0 Å². The molecule has 0 spiro atoms. The lowest BCUT2D eigenvalue weighted by molar-refractivity contribution is 0.148. The van der Waals surface area contributed by atoms with Crippen LogP contribution in [0.25, 0.3) is 0 Å². The fourth-order valence-corrected chi connectivity index (χ4v) is 3.58. The Bertz CT molecular complexity index is 197. The van der Waals surface area contributed by atoms with Gasteiger partial charge in [0.15, 0.2) is 0 Å². The molecule has 0 radical (unpaired) electrons. The van der Waals surface area contributed by atoms with Crippen molar-refractivity contribution < 1.29 is 0 Å². The maximum absolute atomic E-state index is 3.64. The third kappa shape index (κ3) is 5.62. The van der Waals surface area contributed by atoms with Gasteiger partial charge in [-0.15, -0.1) is 0 Å². The molecule has 2 atom stereocenters. The molecular formula is C14H30N2S. The first-order chi connectivity index (χ1) is 8.15. The Balaban J connectivity index is 2.39. The number of nitrogens with zero attached hydrogens (tertiary/aromatic N) is 1.